The van der Waals surface area contributed by atoms with E-state index in [0.29, 0.717) is 24.1 Å². The minimum atomic E-state index is -0.900. The van der Waals surface area contributed by atoms with Crippen molar-refractivity contribution < 1.29 is 14.7 Å². The molecule has 0 spiro atoms. The van der Waals surface area contributed by atoms with Crippen molar-refractivity contribution in [3.8, 4) is 6.07 Å². The molecule has 26 heavy (non-hydrogen) atoms. The molecule has 0 fully saturated rings. The Labute approximate surface area is 152 Å². The van der Waals surface area contributed by atoms with Gasteiger partial charge in [-0.1, -0.05) is 30.3 Å². The molecule has 0 radical (unpaired) electrons. The molecule has 6 nitrogen and oxygen atoms in total. The van der Waals surface area contributed by atoms with E-state index in [2.05, 4.69) is 16.7 Å². The van der Waals surface area contributed by atoms with Crippen molar-refractivity contribution in [2.24, 2.45) is 0 Å². The number of carboxylic acids is 1. The third kappa shape index (κ3) is 6.29. The molecule has 1 unspecified atom stereocenters. The summed E-state index contributed by atoms with van der Waals surface area (Å²) in [5.74, 6) is -0.900. The van der Waals surface area contributed by atoms with Gasteiger partial charge in [0.25, 0.3) is 0 Å². The highest BCUT2D eigenvalue weighted by molar-refractivity contribution is 5.89. The van der Waals surface area contributed by atoms with E-state index in [1.807, 2.05) is 37.3 Å². The van der Waals surface area contributed by atoms with E-state index < -0.39 is 12.0 Å². The van der Waals surface area contributed by atoms with Crippen molar-refractivity contribution in [3.63, 3.8) is 0 Å². The zero-order valence-corrected chi connectivity index (χ0v) is 14.5. The standard InChI is InChI=1S/C20H21N3O3/c1-14-9-16(13-21)12-18(10-14)23-20(26)22-17(7-8-19(24)25)11-15-5-3-2-4-6-15/h2-6,9-10,12,17H,7-8,11H2,1H3,(H,24,25)(H2,22,23,26). The minimum Gasteiger partial charge on any atom is -0.481 e. The van der Waals surface area contributed by atoms with Crippen molar-refractivity contribution in [1.82, 2.24) is 5.32 Å². The van der Waals surface area contributed by atoms with Gasteiger partial charge in [0.2, 0.25) is 0 Å². The van der Waals surface area contributed by atoms with E-state index in [9.17, 15) is 9.59 Å². The first kappa shape index (κ1) is 19.0. The van der Waals surface area contributed by atoms with E-state index in [4.69, 9.17) is 10.4 Å². The van der Waals surface area contributed by atoms with Crippen LogP contribution in [0.2, 0.25) is 0 Å². The largest absolute Gasteiger partial charge is 0.481 e. The summed E-state index contributed by atoms with van der Waals surface area (Å²) in [6, 6.07) is 16.0. The Hall–Kier alpha value is -3.33. The zero-order chi connectivity index (χ0) is 18.9. The van der Waals surface area contributed by atoms with Gasteiger partial charge in [-0.05, 0) is 49.1 Å². The number of nitrogens with one attached hydrogen (secondary N) is 2. The first-order valence-electron chi connectivity index (χ1n) is 8.31. The number of urea groups is 1. The Morgan fingerprint density at radius 1 is 1.19 bits per heavy atom. The third-order valence-electron chi connectivity index (χ3n) is 3.83. The average molecular weight is 351 g/mol. The van der Waals surface area contributed by atoms with Crippen LogP contribution in [0, 0.1) is 18.3 Å². The van der Waals surface area contributed by atoms with Crippen LogP contribution < -0.4 is 10.6 Å². The summed E-state index contributed by atoms with van der Waals surface area (Å²) in [4.78, 5) is 23.2. The van der Waals surface area contributed by atoms with Crippen LogP contribution in [0.5, 0.6) is 0 Å². The number of benzene rings is 2. The normalized spacial score (nSPS) is 11.2. The maximum absolute atomic E-state index is 12.3. The van der Waals surface area contributed by atoms with Crippen LogP contribution in [-0.4, -0.2) is 23.1 Å². The van der Waals surface area contributed by atoms with Crippen LogP contribution in [-0.2, 0) is 11.2 Å². The molecule has 1 atom stereocenters. The Kier molecular flexibility index (Phi) is 6.75. The van der Waals surface area contributed by atoms with Gasteiger partial charge in [0, 0.05) is 18.2 Å². The quantitative estimate of drug-likeness (QED) is 0.711. The third-order valence-corrected chi connectivity index (χ3v) is 3.83. The van der Waals surface area contributed by atoms with E-state index in [1.54, 1.807) is 18.2 Å². The summed E-state index contributed by atoms with van der Waals surface area (Å²) >= 11 is 0. The fraction of sp³-hybridized carbons (Fsp3) is 0.250. The van der Waals surface area contributed by atoms with Crippen LogP contribution in [0.3, 0.4) is 0 Å². The molecule has 0 saturated carbocycles. The van der Waals surface area contributed by atoms with Crippen LogP contribution >= 0.6 is 0 Å². The molecule has 6 heteroatoms. The number of nitrogens with zero attached hydrogens (tertiary/aromatic N) is 1. The molecule has 0 aliphatic rings. The Balaban J connectivity index is 2.04. The molecule has 0 bridgehead atoms. The number of anilines is 1. The van der Waals surface area contributed by atoms with Gasteiger partial charge in [0.05, 0.1) is 11.6 Å². The summed E-state index contributed by atoms with van der Waals surface area (Å²) in [6.45, 7) is 1.84. The molecule has 2 aromatic carbocycles. The number of amides is 2. The van der Waals surface area contributed by atoms with Crippen LogP contribution in [0.25, 0.3) is 0 Å². The highest BCUT2D eigenvalue weighted by atomic mass is 16.4. The Bertz CT molecular complexity index is 813. The van der Waals surface area contributed by atoms with Gasteiger partial charge in [-0.3, -0.25) is 4.79 Å². The second-order valence-corrected chi connectivity index (χ2v) is 6.12. The monoisotopic (exact) mass is 351 g/mol. The molecule has 2 amide bonds. The predicted molar refractivity (Wildman–Crippen MR) is 98.9 cm³/mol. The van der Waals surface area contributed by atoms with Gasteiger partial charge in [0.1, 0.15) is 0 Å². The van der Waals surface area contributed by atoms with Crippen molar-refractivity contribution in [2.75, 3.05) is 5.32 Å². The SMILES string of the molecule is Cc1cc(C#N)cc(NC(=O)NC(CCC(=O)O)Cc2ccccc2)c1. The first-order valence-corrected chi connectivity index (χ1v) is 8.31. The van der Waals surface area contributed by atoms with Gasteiger partial charge >= 0.3 is 12.0 Å². The number of carboxylic acid groups (broad SMARTS) is 1. The summed E-state index contributed by atoms with van der Waals surface area (Å²) in [5.41, 5.74) is 2.87. The molecule has 134 valence electrons. The fourth-order valence-corrected chi connectivity index (χ4v) is 2.69. The molecule has 0 saturated heterocycles. The number of carbonyl (C=O) groups excluding carboxylic acids is 1. The zero-order valence-electron chi connectivity index (χ0n) is 14.5. The lowest BCUT2D eigenvalue weighted by Gasteiger charge is -2.19. The maximum Gasteiger partial charge on any atom is 0.319 e. The van der Waals surface area contributed by atoms with Gasteiger partial charge in [-0.25, -0.2) is 4.79 Å². The number of aryl methyl sites for hydroxylation is 1. The van der Waals surface area contributed by atoms with Gasteiger partial charge in [0.15, 0.2) is 0 Å². The highest BCUT2D eigenvalue weighted by Crippen LogP contribution is 2.14. The van der Waals surface area contributed by atoms with Crippen LogP contribution in [0.4, 0.5) is 10.5 Å². The second kappa shape index (κ2) is 9.23. The molecule has 0 heterocycles. The Morgan fingerprint density at radius 2 is 1.92 bits per heavy atom. The van der Waals surface area contributed by atoms with Crippen molar-refractivity contribution in [1.29, 1.82) is 5.26 Å². The number of aliphatic carboxylic acids is 1. The van der Waals surface area contributed by atoms with E-state index in [0.717, 1.165) is 11.1 Å². The molecule has 0 aromatic heterocycles. The van der Waals surface area contributed by atoms with Crippen LogP contribution in [0.15, 0.2) is 48.5 Å². The maximum atomic E-state index is 12.3. The summed E-state index contributed by atoms with van der Waals surface area (Å²) in [6.07, 6.45) is 0.842. The van der Waals surface area contributed by atoms with Crippen LogP contribution in [0.1, 0.15) is 29.5 Å². The van der Waals surface area contributed by atoms with Gasteiger partial charge < -0.3 is 15.7 Å². The first-order chi connectivity index (χ1) is 12.5. The van der Waals surface area contributed by atoms with Gasteiger partial charge in [-0.15, -0.1) is 0 Å². The number of hydrogen-bond donors (Lipinski definition) is 3. The lowest BCUT2D eigenvalue weighted by molar-refractivity contribution is -0.137. The summed E-state index contributed by atoms with van der Waals surface area (Å²) in [7, 11) is 0. The molecule has 0 aliphatic carbocycles. The molecule has 0 aliphatic heterocycles. The topological polar surface area (TPSA) is 102 Å². The number of nitriles is 1. The van der Waals surface area contributed by atoms with Crippen molar-refractivity contribution in [3.05, 3.63) is 65.2 Å². The summed E-state index contributed by atoms with van der Waals surface area (Å²) < 4.78 is 0. The lowest BCUT2D eigenvalue weighted by Crippen LogP contribution is -2.39. The van der Waals surface area contributed by atoms with E-state index >= 15 is 0 Å². The average Bonchev–Trinajstić information content (AvgIpc) is 2.59. The summed E-state index contributed by atoms with van der Waals surface area (Å²) in [5, 5.41) is 23.5. The van der Waals surface area contributed by atoms with Crippen molar-refractivity contribution in [2.45, 2.75) is 32.2 Å². The van der Waals surface area contributed by atoms with E-state index in [-0.39, 0.29) is 12.5 Å². The smallest absolute Gasteiger partial charge is 0.319 e. The van der Waals surface area contributed by atoms with Crippen molar-refractivity contribution >= 4 is 17.7 Å². The lowest BCUT2D eigenvalue weighted by atomic mass is 10.0. The fourth-order valence-electron chi connectivity index (χ4n) is 2.69. The molecule has 2 aromatic rings. The Morgan fingerprint density at radius 3 is 2.58 bits per heavy atom. The number of rotatable bonds is 7. The predicted octanol–water partition coefficient (Wildman–Crippen LogP) is 3.46. The highest BCUT2D eigenvalue weighted by Gasteiger charge is 2.15. The number of carbonyl (C=O) groups is 2. The second-order valence-electron chi connectivity index (χ2n) is 6.12. The molecular formula is C20H21N3O3. The van der Waals surface area contributed by atoms with Gasteiger partial charge in [-0.2, -0.15) is 5.26 Å². The molecular weight excluding hydrogens is 330 g/mol. The minimum absolute atomic E-state index is 0.0270. The number of hydrogen-bond acceptors (Lipinski definition) is 3. The van der Waals surface area contributed by atoms with E-state index in [1.165, 1.54) is 0 Å². The molecule has 3 N–H and O–H groups in total. The molecule has 2 rings (SSSR count).